The highest BCUT2D eigenvalue weighted by atomic mass is 79.9. The molecule has 0 amide bonds. The van der Waals surface area contributed by atoms with Crippen molar-refractivity contribution in [2.45, 2.75) is 58.9 Å². The van der Waals surface area contributed by atoms with Crippen LogP contribution in [0, 0.1) is 18.8 Å². The molecule has 2 rings (SSSR count). The van der Waals surface area contributed by atoms with E-state index in [1.807, 2.05) is 0 Å². The molecule has 0 spiro atoms. The van der Waals surface area contributed by atoms with E-state index < -0.39 is 0 Å². The molecule has 0 heterocycles. The van der Waals surface area contributed by atoms with Gasteiger partial charge in [-0.2, -0.15) is 0 Å². The summed E-state index contributed by atoms with van der Waals surface area (Å²) in [6, 6.07) is 7.40. The summed E-state index contributed by atoms with van der Waals surface area (Å²) in [7, 11) is 0. The van der Waals surface area contributed by atoms with Crippen LogP contribution in [0.25, 0.3) is 0 Å². The van der Waals surface area contributed by atoms with Gasteiger partial charge >= 0.3 is 0 Å². The fourth-order valence-electron chi connectivity index (χ4n) is 3.28. The van der Waals surface area contributed by atoms with Crippen LogP contribution in [-0.2, 0) is 0 Å². The fraction of sp³-hybridized carbons (Fsp3) is 0.667. The monoisotopic (exact) mass is 337 g/mol. The van der Waals surface area contributed by atoms with Crippen molar-refractivity contribution in [3.8, 4) is 0 Å². The molecule has 1 nitrogen and oxygen atoms in total. The van der Waals surface area contributed by atoms with Crippen LogP contribution in [0.1, 0.15) is 63.1 Å². The molecular weight excluding hydrogens is 310 g/mol. The number of hydrogen-bond donors (Lipinski definition) is 1. The predicted octanol–water partition coefficient (Wildman–Crippen LogP) is 5.62. The summed E-state index contributed by atoms with van der Waals surface area (Å²) in [6.07, 6.45) is 6.72. The highest BCUT2D eigenvalue weighted by molar-refractivity contribution is 9.10. The Morgan fingerprint density at radius 1 is 1.25 bits per heavy atom. The van der Waals surface area contributed by atoms with Crippen molar-refractivity contribution in [3.05, 3.63) is 33.8 Å². The van der Waals surface area contributed by atoms with E-state index in [1.54, 1.807) is 0 Å². The molecule has 0 aliphatic heterocycles. The third kappa shape index (κ3) is 4.08. The maximum Gasteiger partial charge on any atom is 0.0349 e. The lowest BCUT2D eigenvalue weighted by atomic mass is 9.77. The molecule has 20 heavy (non-hydrogen) atoms. The molecule has 0 radical (unpaired) electrons. The molecule has 1 aliphatic carbocycles. The van der Waals surface area contributed by atoms with Gasteiger partial charge in [0.15, 0.2) is 0 Å². The molecular formula is C18H28BrN. The van der Waals surface area contributed by atoms with E-state index in [9.17, 15) is 0 Å². The lowest BCUT2D eigenvalue weighted by molar-refractivity contribution is 0.231. The molecule has 1 aromatic rings. The quantitative estimate of drug-likeness (QED) is 0.734. The summed E-state index contributed by atoms with van der Waals surface area (Å²) >= 11 is 3.69. The first-order valence-corrected chi connectivity index (χ1v) is 8.90. The van der Waals surface area contributed by atoms with Crippen molar-refractivity contribution in [2.75, 3.05) is 6.54 Å². The molecule has 2 heteroatoms. The van der Waals surface area contributed by atoms with Crippen molar-refractivity contribution >= 4 is 15.9 Å². The van der Waals surface area contributed by atoms with Gasteiger partial charge in [-0.1, -0.05) is 54.8 Å². The number of nitrogens with one attached hydrogen (secondary N) is 1. The summed E-state index contributed by atoms with van der Waals surface area (Å²) in [5, 5.41) is 3.80. The third-order valence-electron chi connectivity index (χ3n) is 4.70. The molecule has 0 aromatic heterocycles. The zero-order chi connectivity index (χ0) is 14.5. The number of rotatable bonds is 5. The van der Waals surface area contributed by atoms with Crippen LogP contribution in [0.2, 0.25) is 0 Å². The van der Waals surface area contributed by atoms with E-state index in [0.717, 1.165) is 18.4 Å². The SMILES string of the molecule is CCCNC(c1ccc(C)c(Br)c1)C1CCC(C)CC1. The minimum Gasteiger partial charge on any atom is -0.310 e. The Balaban J connectivity index is 2.15. The summed E-state index contributed by atoms with van der Waals surface area (Å²) < 4.78 is 1.24. The average Bonchev–Trinajstić information content (AvgIpc) is 2.45. The first-order valence-electron chi connectivity index (χ1n) is 8.11. The second-order valence-corrected chi connectivity index (χ2v) is 7.31. The van der Waals surface area contributed by atoms with Gasteiger partial charge in [-0.05, 0) is 61.8 Å². The van der Waals surface area contributed by atoms with Crippen molar-refractivity contribution in [3.63, 3.8) is 0 Å². The first kappa shape index (κ1) is 16.0. The Kier molecular flexibility index (Phi) is 6.10. The third-order valence-corrected chi connectivity index (χ3v) is 5.56. The molecule has 1 unspecified atom stereocenters. The number of benzene rings is 1. The normalized spacial score (nSPS) is 24.6. The lowest BCUT2D eigenvalue weighted by Gasteiger charge is -2.34. The van der Waals surface area contributed by atoms with Crippen molar-refractivity contribution in [2.24, 2.45) is 11.8 Å². The molecule has 0 saturated heterocycles. The standard InChI is InChI=1S/C18H28BrN/c1-4-11-20-18(15-8-5-13(2)6-9-15)16-10-7-14(3)17(19)12-16/h7,10,12-13,15,18,20H,4-6,8-9,11H2,1-3H3. The van der Waals surface area contributed by atoms with Gasteiger partial charge in [0.05, 0.1) is 0 Å². The van der Waals surface area contributed by atoms with E-state index in [4.69, 9.17) is 0 Å². The van der Waals surface area contributed by atoms with Crippen LogP contribution in [0.15, 0.2) is 22.7 Å². The molecule has 1 N–H and O–H groups in total. The van der Waals surface area contributed by atoms with Gasteiger partial charge in [0.2, 0.25) is 0 Å². The number of hydrogen-bond acceptors (Lipinski definition) is 1. The zero-order valence-electron chi connectivity index (χ0n) is 13.1. The van der Waals surface area contributed by atoms with Crippen LogP contribution in [0.3, 0.4) is 0 Å². The van der Waals surface area contributed by atoms with Crippen molar-refractivity contribution < 1.29 is 0 Å². The summed E-state index contributed by atoms with van der Waals surface area (Å²) in [5.74, 6) is 1.72. The van der Waals surface area contributed by atoms with Crippen molar-refractivity contribution in [1.29, 1.82) is 0 Å². The average molecular weight is 338 g/mol. The largest absolute Gasteiger partial charge is 0.310 e. The molecule has 1 atom stereocenters. The van der Waals surface area contributed by atoms with Gasteiger partial charge in [-0.25, -0.2) is 0 Å². The summed E-state index contributed by atoms with van der Waals surface area (Å²) in [6.45, 7) is 7.91. The zero-order valence-corrected chi connectivity index (χ0v) is 14.7. The Labute approximate surface area is 132 Å². The van der Waals surface area contributed by atoms with Crippen LogP contribution in [0.4, 0.5) is 0 Å². The van der Waals surface area contributed by atoms with Crippen LogP contribution in [-0.4, -0.2) is 6.54 Å². The highest BCUT2D eigenvalue weighted by Gasteiger charge is 2.27. The van der Waals surface area contributed by atoms with Gasteiger partial charge in [-0.15, -0.1) is 0 Å². The lowest BCUT2D eigenvalue weighted by Crippen LogP contribution is -2.31. The smallest absolute Gasteiger partial charge is 0.0349 e. The summed E-state index contributed by atoms with van der Waals surface area (Å²) in [4.78, 5) is 0. The van der Waals surface area contributed by atoms with E-state index >= 15 is 0 Å². The molecule has 0 bridgehead atoms. The predicted molar refractivity (Wildman–Crippen MR) is 91.0 cm³/mol. The van der Waals surface area contributed by atoms with Gasteiger partial charge in [0, 0.05) is 10.5 Å². The topological polar surface area (TPSA) is 12.0 Å². The Bertz CT molecular complexity index is 421. The Morgan fingerprint density at radius 3 is 2.55 bits per heavy atom. The van der Waals surface area contributed by atoms with Crippen molar-refractivity contribution in [1.82, 2.24) is 5.32 Å². The van der Waals surface area contributed by atoms with E-state index in [0.29, 0.717) is 6.04 Å². The van der Waals surface area contributed by atoms with E-state index in [2.05, 4.69) is 60.2 Å². The van der Waals surface area contributed by atoms with Crippen LogP contribution in [0.5, 0.6) is 0 Å². The molecule has 1 aromatic carbocycles. The molecule has 1 fully saturated rings. The number of aryl methyl sites for hydroxylation is 1. The molecule has 1 saturated carbocycles. The van der Waals surface area contributed by atoms with Gasteiger partial charge in [0.1, 0.15) is 0 Å². The first-order chi connectivity index (χ1) is 9.61. The van der Waals surface area contributed by atoms with E-state index in [1.165, 1.54) is 47.7 Å². The van der Waals surface area contributed by atoms with E-state index in [-0.39, 0.29) is 0 Å². The Morgan fingerprint density at radius 2 is 1.95 bits per heavy atom. The second kappa shape index (κ2) is 7.61. The fourth-order valence-corrected chi connectivity index (χ4v) is 3.67. The molecule has 1 aliphatic rings. The maximum atomic E-state index is 3.80. The summed E-state index contributed by atoms with van der Waals surface area (Å²) in [5.41, 5.74) is 2.77. The Hall–Kier alpha value is -0.340. The van der Waals surface area contributed by atoms with Gasteiger partial charge in [0.25, 0.3) is 0 Å². The molecule has 112 valence electrons. The maximum absolute atomic E-state index is 3.80. The second-order valence-electron chi connectivity index (χ2n) is 6.46. The number of halogens is 1. The highest BCUT2D eigenvalue weighted by Crippen LogP contribution is 2.37. The minimum atomic E-state index is 0.527. The van der Waals surface area contributed by atoms with Crippen LogP contribution >= 0.6 is 15.9 Å². The van der Waals surface area contributed by atoms with Crippen LogP contribution < -0.4 is 5.32 Å². The minimum absolute atomic E-state index is 0.527. The van der Waals surface area contributed by atoms with Gasteiger partial charge in [-0.3, -0.25) is 0 Å². The van der Waals surface area contributed by atoms with Gasteiger partial charge < -0.3 is 5.32 Å².